The van der Waals surface area contributed by atoms with E-state index in [1.807, 2.05) is 25.1 Å². The third kappa shape index (κ3) is 5.27. The van der Waals surface area contributed by atoms with Gasteiger partial charge in [-0.15, -0.1) is 0 Å². The summed E-state index contributed by atoms with van der Waals surface area (Å²) in [6.07, 6.45) is 0. The van der Waals surface area contributed by atoms with Crippen LogP contribution in [-0.2, 0) is 6.54 Å². The Bertz CT molecular complexity index is 1180. The maximum absolute atomic E-state index is 12.7. The molecule has 0 atom stereocenters. The molecule has 3 rings (SSSR count). The summed E-state index contributed by atoms with van der Waals surface area (Å²) in [5.41, 5.74) is 8.64. The quantitative estimate of drug-likeness (QED) is 0.385. The molecule has 0 heterocycles. The summed E-state index contributed by atoms with van der Waals surface area (Å²) in [5.74, 6) is -0.823. The number of carbonyl (C=O) groups is 2. The SMILES string of the molecule is CN(C)c1cccc(C(=O)Nc2ccc(CN)c(NC(=O)c3cccc([N+](=O)[O-])c3)c2)c1. The van der Waals surface area contributed by atoms with Crippen LogP contribution in [0, 0.1) is 10.1 Å². The van der Waals surface area contributed by atoms with Crippen molar-refractivity contribution in [2.45, 2.75) is 6.54 Å². The molecule has 4 N–H and O–H groups in total. The molecular formula is C23H23N5O4. The topological polar surface area (TPSA) is 131 Å². The van der Waals surface area contributed by atoms with Crippen LogP contribution in [0.2, 0.25) is 0 Å². The second-order valence-corrected chi connectivity index (χ2v) is 7.24. The molecule has 9 heteroatoms. The highest BCUT2D eigenvalue weighted by atomic mass is 16.6. The molecule has 0 saturated heterocycles. The van der Waals surface area contributed by atoms with E-state index in [2.05, 4.69) is 10.6 Å². The Balaban J connectivity index is 1.82. The molecule has 0 fully saturated rings. The van der Waals surface area contributed by atoms with Gasteiger partial charge in [-0.05, 0) is 42.0 Å². The minimum atomic E-state index is -0.566. The molecule has 0 unspecified atom stereocenters. The van der Waals surface area contributed by atoms with Crippen molar-refractivity contribution in [3.8, 4) is 0 Å². The first kappa shape index (κ1) is 22.4. The highest BCUT2D eigenvalue weighted by molar-refractivity contribution is 6.07. The Labute approximate surface area is 185 Å². The van der Waals surface area contributed by atoms with Crippen LogP contribution in [0.15, 0.2) is 66.7 Å². The highest BCUT2D eigenvalue weighted by Crippen LogP contribution is 2.23. The smallest absolute Gasteiger partial charge is 0.270 e. The molecule has 0 spiro atoms. The molecule has 2 amide bonds. The van der Waals surface area contributed by atoms with E-state index in [1.54, 1.807) is 36.4 Å². The maximum Gasteiger partial charge on any atom is 0.270 e. The number of anilines is 3. The van der Waals surface area contributed by atoms with Gasteiger partial charge in [0, 0.05) is 61.0 Å². The van der Waals surface area contributed by atoms with Crippen molar-refractivity contribution in [2.75, 3.05) is 29.6 Å². The fourth-order valence-electron chi connectivity index (χ4n) is 3.03. The number of benzene rings is 3. The molecule has 32 heavy (non-hydrogen) atoms. The second kappa shape index (κ2) is 9.71. The zero-order valence-electron chi connectivity index (χ0n) is 17.7. The summed E-state index contributed by atoms with van der Waals surface area (Å²) in [6, 6.07) is 17.6. The monoisotopic (exact) mass is 433 g/mol. The van der Waals surface area contributed by atoms with Gasteiger partial charge in [0.25, 0.3) is 17.5 Å². The lowest BCUT2D eigenvalue weighted by atomic mass is 10.1. The number of carbonyl (C=O) groups excluding carboxylic acids is 2. The van der Waals surface area contributed by atoms with E-state index >= 15 is 0 Å². The zero-order valence-corrected chi connectivity index (χ0v) is 17.7. The van der Waals surface area contributed by atoms with E-state index in [0.717, 1.165) is 5.69 Å². The van der Waals surface area contributed by atoms with E-state index in [-0.39, 0.29) is 23.7 Å². The lowest BCUT2D eigenvalue weighted by molar-refractivity contribution is -0.384. The van der Waals surface area contributed by atoms with Gasteiger partial charge in [-0.25, -0.2) is 0 Å². The molecule has 164 valence electrons. The number of hydrogen-bond acceptors (Lipinski definition) is 6. The van der Waals surface area contributed by atoms with Gasteiger partial charge in [0.1, 0.15) is 0 Å². The Morgan fingerprint density at radius 1 is 0.938 bits per heavy atom. The van der Waals surface area contributed by atoms with E-state index in [9.17, 15) is 19.7 Å². The molecule has 3 aromatic carbocycles. The third-order valence-electron chi connectivity index (χ3n) is 4.78. The van der Waals surface area contributed by atoms with E-state index in [4.69, 9.17) is 5.73 Å². The largest absolute Gasteiger partial charge is 0.378 e. The summed E-state index contributed by atoms with van der Waals surface area (Å²) in [7, 11) is 3.78. The lowest BCUT2D eigenvalue weighted by Gasteiger charge is -2.15. The van der Waals surface area contributed by atoms with Gasteiger partial charge in [0.2, 0.25) is 0 Å². The molecule has 0 saturated carbocycles. The van der Waals surface area contributed by atoms with Crippen LogP contribution >= 0.6 is 0 Å². The standard InChI is InChI=1S/C23H23N5O4/c1-27(2)19-7-3-5-15(11-19)22(29)25-18-10-9-17(14-24)21(13-18)26-23(30)16-6-4-8-20(12-16)28(31)32/h3-13H,14,24H2,1-2H3,(H,25,29)(H,26,30). The van der Waals surface area contributed by atoms with Crippen molar-refractivity contribution >= 4 is 34.6 Å². The number of nitrogens with one attached hydrogen (secondary N) is 2. The van der Waals surface area contributed by atoms with Crippen LogP contribution in [0.3, 0.4) is 0 Å². The average molecular weight is 433 g/mol. The van der Waals surface area contributed by atoms with Crippen molar-refractivity contribution in [1.29, 1.82) is 0 Å². The number of rotatable bonds is 7. The second-order valence-electron chi connectivity index (χ2n) is 7.24. The number of nitrogens with zero attached hydrogens (tertiary/aromatic N) is 2. The lowest BCUT2D eigenvalue weighted by Crippen LogP contribution is -2.16. The summed E-state index contributed by atoms with van der Waals surface area (Å²) in [6.45, 7) is 0.156. The summed E-state index contributed by atoms with van der Waals surface area (Å²) < 4.78 is 0. The fourth-order valence-corrected chi connectivity index (χ4v) is 3.03. The Kier molecular flexibility index (Phi) is 6.81. The van der Waals surface area contributed by atoms with Crippen molar-refractivity contribution in [3.63, 3.8) is 0 Å². The Morgan fingerprint density at radius 2 is 1.59 bits per heavy atom. The normalized spacial score (nSPS) is 10.3. The molecule has 0 aromatic heterocycles. The van der Waals surface area contributed by atoms with Gasteiger partial charge in [0.15, 0.2) is 0 Å². The minimum absolute atomic E-state index is 0.136. The van der Waals surface area contributed by atoms with Gasteiger partial charge >= 0.3 is 0 Å². The number of non-ortho nitro benzene ring substituents is 1. The van der Waals surface area contributed by atoms with Crippen LogP contribution in [0.5, 0.6) is 0 Å². The molecule has 0 bridgehead atoms. The number of amides is 2. The van der Waals surface area contributed by atoms with Gasteiger partial charge in [-0.1, -0.05) is 18.2 Å². The molecule has 9 nitrogen and oxygen atoms in total. The minimum Gasteiger partial charge on any atom is -0.378 e. The fraction of sp³-hybridized carbons (Fsp3) is 0.130. The first-order chi connectivity index (χ1) is 15.3. The number of nitro groups is 1. The van der Waals surface area contributed by atoms with Gasteiger partial charge in [-0.2, -0.15) is 0 Å². The number of nitro benzene ring substituents is 1. The van der Waals surface area contributed by atoms with Gasteiger partial charge < -0.3 is 21.3 Å². The third-order valence-corrected chi connectivity index (χ3v) is 4.78. The summed E-state index contributed by atoms with van der Waals surface area (Å²) in [4.78, 5) is 37.6. The number of nitrogens with two attached hydrogens (primary N) is 1. The van der Waals surface area contributed by atoms with Crippen molar-refractivity contribution in [3.05, 3.63) is 93.5 Å². The van der Waals surface area contributed by atoms with E-state index in [0.29, 0.717) is 22.5 Å². The van der Waals surface area contributed by atoms with Crippen LogP contribution < -0.4 is 21.3 Å². The molecule has 3 aromatic rings. The zero-order chi connectivity index (χ0) is 23.3. The van der Waals surface area contributed by atoms with Crippen molar-refractivity contribution in [2.24, 2.45) is 5.73 Å². The molecule has 0 aliphatic carbocycles. The summed E-state index contributed by atoms with van der Waals surface area (Å²) in [5, 5.41) is 16.5. The predicted octanol–water partition coefficient (Wildman–Crippen LogP) is 3.62. The van der Waals surface area contributed by atoms with Crippen LogP contribution in [0.25, 0.3) is 0 Å². The van der Waals surface area contributed by atoms with Crippen LogP contribution in [0.4, 0.5) is 22.7 Å². The first-order valence-corrected chi connectivity index (χ1v) is 9.76. The van der Waals surface area contributed by atoms with Gasteiger partial charge in [0.05, 0.1) is 4.92 Å². The van der Waals surface area contributed by atoms with Crippen LogP contribution in [-0.4, -0.2) is 30.8 Å². The summed E-state index contributed by atoms with van der Waals surface area (Å²) >= 11 is 0. The molecule has 0 radical (unpaired) electrons. The first-order valence-electron chi connectivity index (χ1n) is 9.76. The highest BCUT2D eigenvalue weighted by Gasteiger charge is 2.14. The predicted molar refractivity (Wildman–Crippen MR) is 124 cm³/mol. The van der Waals surface area contributed by atoms with Crippen LogP contribution in [0.1, 0.15) is 26.3 Å². The Hall–Kier alpha value is -4.24. The number of hydrogen-bond donors (Lipinski definition) is 3. The average Bonchev–Trinajstić information content (AvgIpc) is 2.79. The van der Waals surface area contributed by atoms with Gasteiger partial charge in [-0.3, -0.25) is 19.7 Å². The Morgan fingerprint density at radius 3 is 2.25 bits per heavy atom. The van der Waals surface area contributed by atoms with E-state index < -0.39 is 10.8 Å². The molecule has 0 aliphatic heterocycles. The molecule has 0 aliphatic rings. The van der Waals surface area contributed by atoms with Crippen molar-refractivity contribution in [1.82, 2.24) is 0 Å². The molecular weight excluding hydrogens is 410 g/mol. The van der Waals surface area contributed by atoms with Crippen molar-refractivity contribution < 1.29 is 14.5 Å². The maximum atomic E-state index is 12.7. The van der Waals surface area contributed by atoms with E-state index in [1.165, 1.54) is 24.3 Å².